The molecule has 0 aliphatic carbocycles. The maximum absolute atomic E-state index is 6.10. The highest BCUT2D eigenvalue weighted by Crippen LogP contribution is 2.29. The third-order valence-electron chi connectivity index (χ3n) is 3.69. The lowest BCUT2D eigenvalue weighted by Crippen LogP contribution is -2.03. The number of aryl methyl sites for hydroxylation is 2. The Morgan fingerprint density at radius 1 is 1.37 bits per heavy atom. The SMILES string of the molecule is Cc1ccc(-n2cc(N)c(C3CCOC3)n2)c(C)c1. The molecule has 1 aromatic carbocycles. The van der Waals surface area contributed by atoms with E-state index < -0.39 is 0 Å². The van der Waals surface area contributed by atoms with Gasteiger partial charge in [-0.25, -0.2) is 4.68 Å². The number of hydrogen-bond acceptors (Lipinski definition) is 3. The van der Waals surface area contributed by atoms with Crippen LogP contribution in [0, 0.1) is 13.8 Å². The van der Waals surface area contributed by atoms with Crippen molar-refractivity contribution in [3.63, 3.8) is 0 Å². The van der Waals surface area contributed by atoms with E-state index in [9.17, 15) is 0 Å². The Morgan fingerprint density at radius 2 is 2.21 bits per heavy atom. The molecule has 19 heavy (non-hydrogen) atoms. The van der Waals surface area contributed by atoms with Crippen LogP contribution in [0.25, 0.3) is 5.69 Å². The molecule has 1 unspecified atom stereocenters. The summed E-state index contributed by atoms with van der Waals surface area (Å²) in [5.74, 6) is 0.340. The van der Waals surface area contributed by atoms with Crippen molar-refractivity contribution in [3.05, 3.63) is 41.2 Å². The summed E-state index contributed by atoms with van der Waals surface area (Å²) in [6.45, 7) is 5.72. The van der Waals surface area contributed by atoms with Gasteiger partial charge in [-0.3, -0.25) is 0 Å². The maximum Gasteiger partial charge on any atom is 0.0912 e. The van der Waals surface area contributed by atoms with Gasteiger partial charge in [-0.05, 0) is 31.9 Å². The molecule has 0 amide bonds. The Morgan fingerprint density at radius 3 is 2.89 bits per heavy atom. The molecule has 0 saturated carbocycles. The summed E-state index contributed by atoms with van der Waals surface area (Å²) < 4.78 is 7.30. The predicted molar refractivity (Wildman–Crippen MR) is 75.6 cm³/mol. The van der Waals surface area contributed by atoms with Crippen LogP contribution in [0.3, 0.4) is 0 Å². The van der Waals surface area contributed by atoms with Crippen LogP contribution in [0.1, 0.15) is 29.2 Å². The van der Waals surface area contributed by atoms with E-state index in [-0.39, 0.29) is 0 Å². The van der Waals surface area contributed by atoms with Crippen LogP contribution < -0.4 is 5.73 Å². The number of rotatable bonds is 2. The summed E-state index contributed by atoms with van der Waals surface area (Å²) >= 11 is 0. The van der Waals surface area contributed by atoms with E-state index in [0.717, 1.165) is 36.7 Å². The Labute approximate surface area is 113 Å². The zero-order valence-corrected chi connectivity index (χ0v) is 11.4. The minimum atomic E-state index is 0.340. The van der Waals surface area contributed by atoms with Crippen LogP contribution in [-0.4, -0.2) is 23.0 Å². The first kappa shape index (κ1) is 12.2. The average molecular weight is 257 g/mol. The molecule has 0 radical (unpaired) electrons. The number of nitrogens with zero attached hydrogens (tertiary/aromatic N) is 2. The quantitative estimate of drug-likeness (QED) is 0.899. The number of aromatic nitrogens is 2. The molecule has 1 fully saturated rings. The van der Waals surface area contributed by atoms with E-state index in [2.05, 4.69) is 37.1 Å². The van der Waals surface area contributed by atoms with Crippen LogP contribution in [0.15, 0.2) is 24.4 Å². The first-order valence-electron chi connectivity index (χ1n) is 6.65. The lowest BCUT2D eigenvalue weighted by molar-refractivity contribution is 0.193. The molecular formula is C15H19N3O. The van der Waals surface area contributed by atoms with Crippen molar-refractivity contribution in [2.75, 3.05) is 18.9 Å². The molecule has 0 bridgehead atoms. The zero-order valence-electron chi connectivity index (χ0n) is 11.4. The Kier molecular flexibility index (Phi) is 3.03. The van der Waals surface area contributed by atoms with Gasteiger partial charge in [0.05, 0.1) is 29.9 Å². The molecule has 2 heterocycles. The summed E-state index contributed by atoms with van der Waals surface area (Å²) in [4.78, 5) is 0. The van der Waals surface area contributed by atoms with Gasteiger partial charge in [-0.15, -0.1) is 0 Å². The fraction of sp³-hybridized carbons (Fsp3) is 0.400. The normalized spacial score (nSPS) is 18.9. The van der Waals surface area contributed by atoms with Gasteiger partial charge in [0, 0.05) is 12.5 Å². The van der Waals surface area contributed by atoms with Crippen LogP contribution in [0.5, 0.6) is 0 Å². The standard InChI is InChI=1S/C15H19N3O/c1-10-3-4-14(11(2)7-10)18-8-13(16)15(17-18)12-5-6-19-9-12/h3-4,7-8,12H,5-6,9,16H2,1-2H3. The van der Waals surface area contributed by atoms with Crippen molar-refractivity contribution in [2.24, 2.45) is 0 Å². The fourth-order valence-electron chi connectivity index (χ4n) is 2.65. The molecule has 4 heteroatoms. The molecule has 4 nitrogen and oxygen atoms in total. The monoisotopic (exact) mass is 257 g/mol. The summed E-state index contributed by atoms with van der Waals surface area (Å²) in [5.41, 5.74) is 11.4. The molecule has 1 aliphatic heterocycles. The zero-order chi connectivity index (χ0) is 13.4. The second-order valence-corrected chi connectivity index (χ2v) is 5.26. The fourth-order valence-corrected chi connectivity index (χ4v) is 2.65. The first-order valence-corrected chi connectivity index (χ1v) is 6.65. The number of benzene rings is 1. The lowest BCUT2D eigenvalue weighted by Gasteiger charge is -2.07. The highest BCUT2D eigenvalue weighted by Gasteiger charge is 2.23. The second kappa shape index (κ2) is 4.70. The number of anilines is 1. The van der Waals surface area contributed by atoms with Crippen molar-refractivity contribution in [1.82, 2.24) is 9.78 Å². The smallest absolute Gasteiger partial charge is 0.0912 e. The molecule has 1 aromatic heterocycles. The Balaban J connectivity index is 1.99. The largest absolute Gasteiger partial charge is 0.396 e. The molecule has 2 aromatic rings. The van der Waals surface area contributed by atoms with Gasteiger partial charge in [-0.2, -0.15) is 5.10 Å². The number of nitrogen functional groups attached to an aromatic ring is 1. The number of nitrogens with two attached hydrogens (primary N) is 1. The number of hydrogen-bond donors (Lipinski definition) is 1. The van der Waals surface area contributed by atoms with Gasteiger partial charge in [0.2, 0.25) is 0 Å². The summed E-state index contributed by atoms with van der Waals surface area (Å²) in [6.07, 6.45) is 2.92. The van der Waals surface area contributed by atoms with Gasteiger partial charge in [-0.1, -0.05) is 17.7 Å². The molecule has 1 saturated heterocycles. The van der Waals surface area contributed by atoms with Crippen LogP contribution in [-0.2, 0) is 4.74 Å². The first-order chi connectivity index (χ1) is 9.15. The van der Waals surface area contributed by atoms with Crippen molar-refractivity contribution < 1.29 is 4.74 Å². The van der Waals surface area contributed by atoms with E-state index in [4.69, 9.17) is 10.5 Å². The van der Waals surface area contributed by atoms with Gasteiger partial charge in [0.1, 0.15) is 0 Å². The molecule has 3 rings (SSSR count). The van der Waals surface area contributed by atoms with E-state index >= 15 is 0 Å². The molecule has 2 N–H and O–H groups in total. The molecule has 0 spiro atoms. The van der Waals surface area contributed by atoms with E-state index in [1.165, 1.54) is 11.1 Å². The summed E-state index contributed by atoms with van der Waals surface area (Å²) in [5, 5.41) is 4.66. The molecule has 1 atom stereocenters. The minimum absolute atomic E-state index is 0.340. The van der Waals surface area contributed by atoms with E-state index in [1.54, 1.807) is 0 Å². The predicted octanol–water partition coefficient (Wildman–Crippen LogP) is 2.58. The van der Waals surface area contributed by atoms with Gasteiger partial charge in [0.15, 0.2) is 0 Å². The number of ether oxygens (including phenoxy) is 1. The van der Waals surface area contributed by atoms with Crippen LogP contribution in [0.2, 0.25) is 0 Å². The van der Waals surface area contributed by atoms with E-state index in [0.29, 0.717) is 5.92 Å². The summed E-state index contributed by atoms with van der Waals surface area (Å²) in [7, 11) is 0. The van der Waals surface area contributed by atoms with Gasteiger partial charge < -0.3 is 10.5 Å². The highest BCUT2D eigenvalue weighted by atomic mass is 16.5. The van der Waals surface area contributed by atoms with Gasteiger partial charge >= 0.3 is 0 Å². The molecule has 100 valence electrons. The maximum atomic E-state index is 6.10. The van der Waals surface area contributed by atoms with Crippen molar-refractivity contribution in [3.8, 4) is 5.69 Å². The minimum Gasteiger partial charge on any atom is -0.396 e. The lowest BCUT2D eigenvalue weighted by atomic mass is 10.0. The third kappa shape index (κ3) is 2.24. The average Bonchev–Trinajstić information content (AvgIpc) is 2.98. The van der Waals surface area contributed by atoms with Gasteiger partial charge in [0.25, 0.3) is 0 Å². The summed E-state index contributed by atoms with van der Waals surface area (Å²) in [6, 6.07) is 6.34. The van der Waals surface area contributed by atoms with Crippen LogP contribution >= 0.6 is 0 Å². The topological polar surface area (TPSA) is 53.1 Å². The Hall–Kier alpha value is -1.81. The van der Waals surface area contributed by atoms with E-state index in [1.807, 2.05) is 10.9 Å². The van der Waals surface area contributed by atoms with Crippen molar-refractivity contribution in [1.29, 1.82) is 0 Å². The highest BCUT2D eigenvalue weighted by molar-refractivity contribution is 5.49. The molecule has 1 aliphatic rings. The molecular weight excluding hydrogens is 238 g/mol. The van der Waals surface area contributed by atoms with Crippen molar-refractivity contribution >= 4 is 5.69 Å². The van der Waals surface area contributed by atoms with Crippen molar-refractivity contribution in [2.45, 2.75) is 26.2 Å². The Bertz CT molecular complexity index is 597. The third-order valence-corrected chi connectivity index (χ3v) is 3.69. The second-order valence-electron chi connectivity index (χ2n) is 5.26. The van der Waals surface area contributed by atoms with Crippen LogP contribution in [0.4, 0.5) is 5.69 Å².